The van der Waals surface area contributed by atoms with Gasteiger partial charge >= 0.3 is 0 Å². The third-order valence-electron chi connectivity index (χ3n) is 3.42. The van der Waals surface area contributed by atoms with Crippen LogP contribution in [0.15, 0.2) is 83.9 Å². The quantitative estimate of drug-likeness (QED) is 0.386. The molecule has 4 heteroatoms. The van der Waals surface area contributed by atoms with E-state index in [-0.39, 0.29) is 5.69 Å². The number of rotatable bonds is 4. The summed E-state index contributed by atoms with van der Waals surface area (Å²) in [6.45, 7) is 0. The fraction of sp³-hybridized carbons (Fsp3) is 0. The molecule has 0 radical (unpaired) electrons. The van der Waals surface area contributed by atoms with Crippen LogP contribution in [-0.4, -0.2) is 11.1 Å². The Hall–Kier alpha value is -3.27. The standard InChI is InChI=1S/C19H14N2O2/c22-21(23)19-8-4-5-15(13-19)14-20-18-11-9-17(10-12-18)16-6-2-1-3-7-16/h1-14H. The normalized spacial score (nSPS) is 10.8. The Labute approximate surface area is 133 Å². The molecular formula is C19H14N2O2. The maximum absolute atomic E-state index is 10.8. The molecule has 0 aromatic heterocycles. The maximum Gasteiger partial charge on any atom is 0.270 e. The molecule has 3 aromatic carbocycles. The van der Waals surface area contributed by atoms with Crippen molar-refractivity contribution in [1.82, 2.24) is 0 Å². The topological polar surface area (TPSA) is 55.5 Å². The fourth-order valence-corrected chi connectivity index (χ4v) is 2.24. The summed E-state index contributed by atoms with van der Waals surface area (Å²) in [6.07, 6.45) is 1.63. The predicted molar refractivity (Wildman–Crippen MR) is 92.2 cm³/mol. The summed E-state index contributed by atoms with van der Waals surface area (Å²) >= 11 is 0. The highest BCUT2D eigenvalue weighted by Crippen LogP contribution is 2.22. The molecular weight excluding hydrogens is 288 g/mol. The van der Waals surface area contributed by atoms with Gasteiger partial charge in [-0.25, -0.2) is 0 Å². The number of hydrogen-bond donors (Lipinski definition) is 0. The fourth-order valence-electron chi connectivity index (χ4n) is 2.24. The van der Waals surface area contributed by atoms with Crippen molar-refractivity contribution in [2.24, 2.45) is 4.99 Å². The third kappa shape index (κ3) is 3.68. The third-order valence-corrected chi connectivity index (χ3v) is 3.42. The molecule has 0 spiro atoms. The van der Waals surface area contributed by atoms with Crippen LogP contribution in [0.3, 0.4) is 0 Å². The zero-order valence-corrected chi connectivity index (χ0v) is 12.3. The molecule has 4 nitrogen and oxygen atoms in total. The maximum atomic E-state index is 10.8. The Kier molecular flexibility index (Phi) is 4.25. The van der Waals surface area contributed by atoms with Gasteiger partial charge in [-0.2, -0.15) is 0 Å². The van der Waals surface area contributed by atoms with Gasteiger partial charge in [-0.05, 0) is 28.8 Å². The minimum atomic E-state index is -0.411. The molecule has 0 fully saturated rings. The Balaban J connectivity index is 1.78. The number of nitrogens with zero attached hydrogens (tertiary/aromatic N) is 2. The van der Waals surface area contributed by atoms with Crippen LogP contribution in [0.1, 0.15) is 5.56 Å². The number of benzene rings is 3. The van der Waals surface area contributed by atoms with Gasteiger partial charge in [0.2, 0.25) is 0 Å². The molecule has 0 aliphatic carbocycles. The van der Waals surface area contributed by atoms with Gasteiger partial charge in [-0.1, -0.05) is 54.6 Å². The number of nitro groups is 1. The van der Waals surface area contributed by atoms with E-state index in [1.54, 1.807) is 18.3 Å². The van der Waals surface area contributed by atoms with E-state index in [0.717, 1.165) is 16.8 Å². The average molecular weight is 302 g/mol. The zero-order chi connectivity index (χ0) is 16.1. The minimum absolute atomic E-state index is 0.0633. The lowest BCUT2D eigenvalue weighted by Gasteiger charge is -2.01. The molecule has 0 bridgehead atoms. The van der Waals surface area contributed by atoms with Crippen LogP contribution >= 0.6 is 0 Å². The number of hydrogen-bond acceptors (Lipinski definition) is 3. The summed E-state index contributed by atoms with van der Waals surface area (Å²) in [7, 11) is 0. The lowest BCUT2D eigenvalue weighted by atomic mass is 10.1. The first kappa shape index (κ1) is 14.7. The second kappa shape index (κ2) is 6.66. The van der Waals surface area contributed by atoms with Crippen LogP contribution in [0.4, 0.5) is 11.4 Å². The van der Waals surface area contributed by atoms with Crippen molar-refractivity contribution < 1.29 is 4.92 Å². The smallest absolute Gasteiger partial charge is 0.258 e. The van der Waals surface area contributed by atoms with Gasteiger partial charge in [0, 0.05) is 18.3 Å². The van der Waals surface area contributed by atoms with E-state index in [1.807, 2.05) is 42.5 Å². The number of aliphatic imine (C=N–C) groups is 1. The molecule has 0 atom stereocenters. The Morgan fingerprint density at radius 1 is 0.826 bits per heavy atom. The van der Waals surface area contributed by atoms with Gasteiger partial charge in [0.25, 0.3) is 5.69 Å². The average Bonchev–Trinajstić information content (AvgIpc) is 2.61. The number of non-ortho nitro benzene ring substituents is 1. The lowest BCUT2D eigenvalue weighted by Crippen LogP contribution is -1.89. The molecule has 0 saturated carbocycles. The SMILES string of the molecule is O=[N+]([O-])c1cccc(C=Nc2ccc(-c3ccccc3)cc2)c1. The van der Waals surface area contributed by atoms with E-state index in [2.05, 4.69) is 17.1 Å². The van der Waals surface area contributed by atoms with Crippen molar-refractivity contribution in [2.45, 2.75) is 0 Å². The van der Waals surface area contributed by atoms with Crippen molar-refractivity contribution in [3.05, 3.63) is 94.5 Å². The van der Waals surface area contributed by atoms with E-state index >= 15 is 0 Å². The van der Waals surface area contributed by atoms with Crippen molar-refractivity contribution >= 4 is 17.6 Å². The van der Waals surface area contributed by atoms with E-state index in [1.165, 1.54) is 12.1 Å². The van der Waals surface area contributed by atoms with Crippen LogP contribution < -0.4 is 0 Å². The van der Waals surface area contributed by atoms with E-state index < -0.39 is 4.92 Å². The monoisotopic (exact) mass is 302 g/mol. The summed E-state index contributed by atoms with van der Waals surface area (Å²) in [5.74, 6) is 0. The molecule has 3 rings (SSSR count). The minimum Gasteiger partial charge on any atom is -0.258 e. The Morgan fingerprint density at radius 3 is 2.22 bits per heavy atom. The molecule has 0 aliphatic rings. The van der Waals surface area contributed by atoms with Crippen LogP contribution in [0.2, 0.25) is 0 Å². The van der Waals surface area contributed by atoms with Gasteiger partial charge in [-0.15, -0.1) is 0 Å². The van der Waals surface area contributed by atoms with Crippen LogP contribution in [0, 0.1) is 10.1 Å². The highest BCUT2D eigenvalue weighted by Gasteiger charge is 2.04. The molecule has 23 heavy (non-hydrogen) atoms. The van der Waals surface area contributed by atoms with Crippen molar-refractivity contribution in [2.75, 3.05) is 0 Å². The summed E-state index contributed by atoms with van der Waals surface area (Å²) in [4.78, 5) is 14.7. The van der Waals surface area contributed by atoms with Crippen LogP contribution in [0.5, 0.6) is 0 Å². The summed E-state index contributed by atoms with van der Waals surface area (Å²) in [5, 5.41) is 10.8. The second-order valence-corrected chi connectivity index (χ2v) is 5.02. The molecule has 0 unspecified atom stereocenters. The summed E-state index contributed by atoms with van der Waals surface area (Å²) in [5.41, 5.74) is 3.84. The number of nitro benzene ring substituents is 1. The van der Waals surface area contributed by atoms with E-state index in [4.69, 9.17) is 0 Å². The highest BCUT2D eigenvalue weighted by molar-refractivity contribution is 5.83. The van der Waals surface area contributed by atoms with E-state index in [0.29, 0.717) is 5.56 Å². The Morgan fingerprint density at radius 2 is 1.52 bits per heavy atom. The van der Waals surface area contributed by atoms with E-state index in [9.17, 15) is 10.1 Å². The van der Waals surface area contributed by atoms with Gasteiger partial charge < -0.3 is 0 Å². The van der Waals surface area contributed by atoms with Gasteiger partial charge in [0.05, 0.1) is 10.6 Å². The largest absolute Gasteiger partial charge is 0.270 e. The molecule has 3 aromatic rings. The van der Waals surface area contributed by atoms with Gasteiger partial charge in [0.1, 0.15) is 0 Å². The van der Waals surface area contributed by atoms with Crippen molar-refractivity contribution in [3.8, 4) is 11.1 Å². The molecule has 0 N–H and O–H groups in total. The van der Waals surface area contributed by atoms with Crippen LogP contribution in [0.25, 0.3) is 11.1 Å². The summed E-state index contributed by atoms with van der Waals surface area (Å²) < 4.78 is 0. The molecule has 0 amide bonds. The van der Waals surface area contributed by atoms with Crippen molar-refractivity contribution in [3.63, 3.8) is 0 Å². The zero-order valence-electron chi connectivity index (χ0n) is 12.3. The predicted octanol–water partition coefficient (Wildman–Crippen LogP) is 5.01. The first-order valence-corrected chi connectivity index (χ1v) is 7.16. The summed E-state index contributed by atoms with van der Waals surface area (Å²) in [6, 6.07) is 24.4. The highest BCUT2D eigenvalue weighted by atomic mass is 16.6. The van der Waals surface area contributed by atoms with Crippen LogP contribution in [-0.2, 0) is 0 Å². The molecule has 0 saturated heterocycles. The Bertz CT molecular complexity index is 841. The molecule has 0 aliphatic heterocycles. The second-order valence-electron chi connectivity index (χ2n) is 5.02. The first-order chi connectivity index (χ1) is 11.2. The van der Waals surface area contributed by atoms with Crippen molar-refractivity contribution in [1.29, 1.82) is 0 Å². The van der Waals surface area contributed by atoms with Gasteiger partial charge in [0.15, 0.2) is 0 Å². The molecule has 112 valence electrons. The molecule has 0 heterocycles. The lowest BCUT2D eigenvalue weighted by molar-refractivity contribution is -0.384. The van der Waals surface area contributed by atoms with Gasteiger partial charge in [-0.3, -0.25) is 15.1 Å². The first-order valence-electron chi connectivity index (χ1n) is 7.16.